The summed E-state index contributed by atoms with van der Waals surface area (Å²) in [6.07, 6.45) is 5.49. The summed E-state index contributed by atoms with van der Waals surface area (Å²) >= 11 is 0.986. The molecule has 3 rings (SSSR count). The summed E-state index contributed by atoms with van der Waals surface area (Å²) < 4.78 is 5.29. The molecule has 8 nitrogen and oxygen atoms in total. The Bertz CT molecular complexity index is 831. The second-order valence-electron chi connectivity index (χ2n) is 8.95. The van der Waals surface area contributed by atoms with Gasteiger partial charge in [-0.1, -0.05) is 40.0 Å². The number of nitrogens with one attached hydrogen (secondary N) is 2. The molecule has 3 amide bonds. The molecule has 1 aromatic heterocycles. The Balaban J connectivity index is 0.00000114. The highest BCUT2D eigenvalue weighted by Crippen LogP contribution is 2.41. The second-order valence-corrected chi connectivity index (χ2v) is 10.0. The van der Waals surface area contributed by atoms with Crippen LogP contribution in [0.25, 0.3) is 0 Å². The van der Waals surface area contributed by atoms with Crippen LogP contribution in [0.2, 0.25) is 0 Å². The van der Waals surface area contributed by atoms with Gasteiger partial charge in [0.2, 0.25) is 5.91 Å². The number of rotatable bonds is 7. The van der Waals surface area contributed by atoms with Crippen LogP contribution < -0.4 is 16.4 Å². The largest absolute Gasteiger partial charge is 0.368 e. The number of Topliss-reactive ketones (excluding diaryl/α,β-unsaturated/α-hetero) is 1. The van der Waals surface area contributed by atoms with E-state index in [4.69, 9.17) is 10.5 Å². The van der Waals surface area contributed by atoms with Crippen molar-refractivity contribution in [3.8, 4) is 0 Å². The summed E-state index contributed by atoms with van der Waals surface area (Å²) in [4.78, 5) is 49.6. The highest BCUT2D eigenvalue weighted by Gasteiger charge is 2.39. The van der Waals surface area contributed by atoms with E-state index in [2.05, 4.69) is 31.4 Å². The number of carbonyl (C=O) groups excluding carboxylic acids is 4. The molecule has 1 aliphatic carbocycles. The number of ketones is 1. The third-order valence-corrected chi connectivity index (χ3v) is 6.90. The Morgan fingerprint density at radius 2 is 1.81 bits per heavy atom. The lowest BCUT2D eigenvalue weighted by molar-refractivity contribution is -0.128. The van der Waals surface area contributed by atoms with Crippen LogP contribution in [0.15, 0.2) is 12.1 Å². The van der Waals surface area contributed by atoms with E-state index in [0.717, 1.165) is 37.0 Å². The molecular weight excluding hydrogens is 430 g/mol. The van der Waals surface area contributed by atoms with Crippen LogP contribution in [0.4, 0.5) is 0 Å². The van der Waals surface area contributed by atoms with Crippen LogP contribution in [0.5, 0.6) is 0 Å². The molecule has 0 bridgehead atoms. The molecule has 0 aromatic carbocycles. The van der Waals surface area contributed by atoms with E-state index in [1.165, 1.54) is 18.6 Å². The molecule has 2 unspecified atom stereocenters. The van der Waals surface area contributed by atoms with Gasteiger partial charge in [0.15, 0.2) is 5.78 Å². The predicted octanol–water partition coefficient (Wildman–Crippen LogP) is 2.80. The fraction of sp³-hybridized carbons (Fsp3) is 0.652. The van der Waals surface area contributed by atoms with Gasteiger partial charge < -0.3 is 21.1 Å². The van der Waals surface area contributed by atoms with Gasteiger partial charge in [0.05, 0.1) is 15.9 Å². The van der Waals surface area contributed by atoms with E-state index >= 15 is 0 Å². The maximum atomic E-state index is 13.0. The lowest BCUT2D eigenvalue weighted by Gasteiger charge is -2.30. The van der Waals surface area contributed by atoms with Crippen molar-refractivity contribution in [1.82, 2.24) is 10.6 Å². The average molecular weight is 466 g/mol. The van der Waals surface area contributed by atoms with Crippen LogP contribution in [0, 0.1) is 5.41 Å². The monoisotopic (exact) mass is 465 g/mol. The van der Waals surface area contributed by atoms with Crippen molar-refractivity contribution in [3.63, 3.8) is 0 Å². The first kappa shape index (κ1) is 26.0. The molecule has 1 saturated heterocycles. The molecule has 1 aliphatic heterocycles. The number of primary amides is 1. The van der Waals surface area contributed by atoms with Crippen LogP contribution in [-0.4, -0.2) is 48.3 Å². The number of thiophene rings is 1. The smallest absolute Gasteiger partial charge is 0.262 e. The molecule has 178 valence electrons. The number of amides is 3. The summed E-state index contributed by atoms with van der Waals surface area (Å²) in [7, 11) is 0. The Morgan fingerprint density at radius 3 is 2.31 bits per heavy atom. The molecule has 0 radical (unpaired) electrons. The fourth-order valence-electron chi connectivity index (χ4n) is 4.07. The summed E-state index contributed by atoms with van der Waals surface area (Å²) in [5, 5.41) is 5.55. The third kappa shape index (κ3) is 6.87. The molecule has 2 aliphatic rings. The topological polar surface area (TPSA) is 128 Å². The van der Waals surface area contributed by atoms with Crippen molar-refractivity contribution >= 4 is 34.8 Å². The normalized spacial score (nSPS) is 22.6. The first-order valence-corrected chi connectivity index (χ1v) is 12.1. The van der Waals surface area contributed by atoms with Gasteiger partial charge in [-0.2, -0.15) is 0 Å². The summed E-state index contributed by atoms with van der Waals surface area (Å²) in [5.74, 6) is -1.61. The molecule has 2 heterocycles. The van der Waals surface area contributed by atoms with Gasteiger partial charge >= 0.3 is 0 Å². The van der Waals surface area contributed by atoms with Gasteiger partial charge in [0, 0.05) is 0 Å². The quantitative estimate of drug-likeness (QED) is 0.570. The lowest BCUT2D eigenvalue weighted by Crippen LogP contribution is -2.54. The lowest BCUT2D eigenvalue weighted by atomic mass is 9.81. The van der Waals surface area contributed by atoms with Crippen molar-refractivity contribution in [2.75, 3.05) is 6.61 Å². The Hall–Kier alpha value is -2.26. The highest BCUT2D eigenvalue weighted by atomic mass is 32.1. The van der Waals surface area contributed by atoms with Crippen molar-refractivity contribution < 1.29 is 23.9 Å². The van der Waals surface area contributed by atoms with Crippen molar-refractivity contribution in [2.24, 2.45) is 11.1 Å². The van der Waals surface area contributed by atoms with E-state index in [1.807, 2.05) is 0 Å². The van der Waals surface area contributed by atoms with Gasteiger partial charge in [0.25, 0.3) is 11.8 Å². The van der Waals surface area contributed by atoms with Crippen molar-refractivity contribution in [1.29, 1.82) is 0 Å². The van der Waals surface area contributed by atoms with Crippen LogP contribution in [0.3, 0.4) is 0 Å². The predicted molar refractivity (Wildman–Crippen MR) is 124 cm³/mol. The minimum Gasteiger partial charge on any atom is -0.368 e. The summed E-state index contributed by atoms with van der Waals surface area (Å²) in [6, 6.07) is 1.51. The second kappa shape index (κ2) is 11.6. The van der Waals surface area contributed by atoms with Gasteiger partial charge in [-0.05, 0) is 43.7 Å². The van der Waals surface area contributed by atoms with Gasteiger partial charge in [-0.3, -0.25) is 19.2 Å². The number of ether oxygens (including phenoxy) is 1. The molecule has 9 heteroatoms. The number of hydrogen-bond acceptors (Lipinski definition) is 6. The molecule has 1 saturated carbocycles. The molecule has 3 atom stereocenters. The third-order valence-electron chi connectivity index (χ3n) is 5.80. The average Bonchev–Trinajstić information content (AvgIpc) is 3.45. The molecular formula is C23H35N3O5S. The van der Waals surface area contributed by atoms with E-state index in [0.29, 0.717) is 11.3 Å². The Morgan fingerprint density at radius 1 is 1.22 bits per heavy atom. The Kier molecular flexibility index (Phi) is 9.39. The van der Waals surface area contributed by atoms with Crippen molar-refractivity contribution in [2.45, 2.75) is 84.4 Å². The van der Waals surface area contributed by atoms with Crippen LogP contribution in [-0.2, 0) is 14.3 Å². The van der Waals surface area contributed by atoms with Gasteiger partial charge in [0.1, 0.15) is 18.7 Å². The zero-order valence-electron chi connectivity index (χ0n) is 19.4. The van der Waals surface area contributed by atoms with Gasteiger partial charge in [-0.25, -0.2) is 0 Å². The number of carbonyl (C=O) groups is 4. The maximum Gasteiger partial charge on any atom is 0.262 e. The number of nitrogens with two attached hydrogens (primary N) is 1. The van der Waals surface area contributed by atoms with E-state index in [9.17, 15) is 19.2 Å². The summed E-state index contributed by atoms with van der Waals surface area (Å²) in [5.41, 5.74) is 5.20. The van der Waals surface area contributed by atoms with E-state index in [-0.39, 0.29) is 22.7 Å². The highest BCUT2D eigenvalue weighted by molar-refractivity contribution is 7.15. The van der Waals surface area contributed by atoms with Crippen LogP contribution >= 0.6 is 11.3 Å². The molecule has 2 fully saturated rings. The first-order chi connectivity index (χ1) is 15.1. The number of hydrogen-bond donors (Lipinski definition) is 3. The minimum atomic E-state index is -0.787. The molecule has 1 aromatic rings. The zero-order chi connectivity index (χ0) is 23.9. The fourth-order valence-corrected chi connectivity index (χ4v) is 4.83. The molecule has 32 heavy (non-hydrogen) atoms. The maximum absolute atomic E-state index is 13.0. The van der Waals surface area contributed by atoms with Crippen molar-refractivity contribution in [3.05, 3.63) is 21.9 Å². The van der Waals surface area contributed by atoms with Crippen LogP contribution in [0.1, 0.15) is 85.6 Å². The first-order valence-electron chi connectivity index (χ1n) is 11.3. The van der Waals surface area contributed by atoms with E-state index < -0.39 is 35.9 Å². The van der Waals surface area contributed by atoms with E-state index in [1.54, 1.807) is 6.92 Å². The van der Waals surface area contributed by atoms with Gasteiger partial charge in [-0.15, -0.1) is 11.3 Å². The zero-order valence-corrected chi connectivity index (χ0v) is 20.2. The molecule has 4 N–H and O–H groups in total. The standard InChI is InChI=1S/C20H27N3O5S.C3H8/c1-11-16(13(24)10-28-11)23-18(26)12(9-20(2)7-3-4-8-20)22-19(27)15-6-5-14(29-15)17(21)25;1-3-2/h5-6,11-12,16H,3-4,7-10H2,1-2H3,(H2,21,25)(H,22,27)(H,23,26);3H2,1-2H3/t11-,12?,16?;/m0./s1. The Labute approximate surface area is 193 Å². The molecule has 0 spiro atoms. The summed E-state index contributed by atoms with van der Waals surface area (Å²) in [6.45, 7) is 8.08. The SMILES string of the molecule is CCC.C[C@@H]1OCC(=O)C1NC(=O)C(CC1(C)CCCC1)NC(=O)c1ccc(C(N)=O)s1. The minimum absolute atomic E-state index is 0.0219.